The molecule has 1 fully saturated rings. The van der Waals surface area contributed by atoms with Gasteiger partial charge < -0.3 is 10.2 Å². The lowest BCUT2D eigenvalue weighted by Crippen LogP contribution is -2.01. The maximum absolute atomic E-state index is 10.2. The predicted molar refractivity (Wildman–Crippen MR) is 64.5 cm³/mol. The van der Waals surface area contributed by atoms with Crippen molar-refractivity contribution in [2.45, 2.75) is 45.1 Å². The second-order valence-corrected chi connectivity index (χ2v) is 4.84. The summed E-state index contributed by atoms with van der Waals surface area (Å²) < 4.78 is 0. The van der Waals surface area contributed by atoms with Crippen molar-refractivity contribution in [1.29, 1.82) is 0 Å². The second-order valence-electron chi connectivity index (χ2n) is 4.84. The minimum Gasteiger partial charge on any atom is -0.507 e. The van der Waals surface area contributed by atoms with Crippen LogP contribution in [-0.4, -0.2) is 10.2 Å². The first-order valence-electron chi connectivity index (χ1n) is 6.15. The summed E-state index contributed by atoms with van der Waals surface area (Å²) in [5, 5.41) is 20.0. The van der Waals surface area contributed by atoms with Crippen LogP contribution >= 0.6 is 0 Å². The van der Waals surface area contributed by atoms with Gasteiger partial charge in [-0.2, -0.15) is 0 Å². The Bertz CT molecular complexity index is 369. The Morgan fingerprint density at radius 2 is 1.94 bits per heavy atom. The van der Waals surface area contributed by atoms with E-state index in [1.165, 1.54) is 12.8 Å². The lowest BCUT2D eigenvalue weighted by atomic mass is 9.92. The summed E-state index contributed by atoms with van der Waals surface area (Å²) in [6, 6.07) is 5.72. The fraction of sp³-hybridized carbons (Fsp3) is 0.571. The van der Waals surface area contributed by atoms with Crippen LogP contribution in [0, 0.1) is 5.92 Å². The van der Waals surface area contributed by atoms with E-state index in [1.54, 1.807) is 0 Å². The van der Waals surface area contributed by atoms with E-state index in [4.69, 9.17) is 0 Å². The Morgan fingerprint density at radius 1 is 1.31 bits per heavy atom. The highest BCUT2D eigenvalue weighted by molar-refractivity contribution is 5.44. The normalized spacial score (nSPS) is 19.4. The zero-order valence-corrected chi connectivity index (χ0v) is 9.98. The molecule has 2 atom stereocenters. The first-order chi connectivity index (χ1) is 7.65. The number of hydrogen-bond donors (Lipinski definition) is 2. The molecule has 2 unspecified atom stereocenters. The minimum absolute atomic E-state index is 0.302. The Balaban J connectivity index is 2.31. The molecule has 2 N–H and O–H groups in total. The molecule has 0 bridgehead atoms. The summed E-state index contributed by atoms with van der Waals surface area (Å²) >= 11 is 0. The lowest BCUT2D eigenvalue weighted by molar-refractivity contribution is 0.169. The van der Waals surface area contributed by atoms with E-state index in [-0.39, 0.29) is 0 Å². The molecule has 1 aromatic rings. The Hall–Kier alpha value is -1.02. The Labute approximate surface area is 96.9 Å². The van der Waals surface area contributed by atoms with Gasteiger partial charge >= 0.3 is 0 Å². The van der Waals surface area contributed by atoms with Crippen LogP contribution in [0.2, 0.25) is 0 Å². The van der Waals surface area contributed by atoms with Gasteiger partial charge in [-0.15, -0.1) is 0 Å². The van der Waals surface area contributed by atoms with E-state index in [0.29, 0.717) is 23.7 Å². The molecule has 1 saturated carbocycles. The minimum atomic E-state index is -0.550. The summed E-state index contributed by atoms with van der Waals surface area (Å²) in [6.45, 7) is 4.08. The van der Waals surface area contributed by atoms with E-state index in [9.17, 15) is 10.2 Å². The van der Waals surface area contributed by atoms with E-state index in [0.717, 1.165) is 11.5 Å². The number of phenolic OH excluding ortho intramolecular Hbond substituents is 1. The molecule has 0 spiro atoms. The molecule has 88 valence electrons. The third-order valence-electron chi connectivity index (χ3n) is 3.66. The number of benzene rings is 1. The molecule has 1 aliphatic carbocycles. The van der Waals surface area contributed by atoms with Gasteiger partial charge in [0.15, 0.2) is 0 Å². The van der Waals surface area contributed by atoms with Crippen molar-refractivity contribution in [2.75, 3.05) is 0 Å². The first kappa shape index (κ1) is 11.5. The lowest BCUT2D eigenvalue weighted by Gasteiger charge is -2.17. The molecule has 1 aliphatic rings. The third kappa shape index (κ3) is 2.07. The molecule has 16 heavy (non-hydrogen) atoms. The molecule has 0 heterocycles. The van der Waals surface area contributed by atoms with Crippen molar-refractivity contribution in [3.05, 3.63) is 29.3 Å². The monoisotopic (exact) mass is 220 g/mol. The van der Waals surface area contributed by atoms with Gasteiger partial charge in [0.2, 0.25) is 0 Å². The van der Waals surface area contributed by atoms with E-state index in [2.05, 4.69) is 6.92 Å². The van der Waals surface area contributed by atoms with Gasteiger partial charge in [0, 0.05) is 5.56 Å². The van der Waals surface area contributed by atoms with Gasteiger partial charge in [-0.05, 0) is 36.7 Å². The highest BCUT2D eigenvalue weighted by atomic mass is 16.3. The second kappa shape index (κ2) is 4.46. The molecule has 0 radical (unpaired) electrons. The smallest absolute Gasteiger partial charge is 0.124 e. The number of para-hydroxylation sites is 1. The van der Waals surface area contributed by atoms with E-state index in [1.807, 2.05) is 25.1 Å². The number of aromatic hydroxyl groups is 1. The van der Waals surface area contributed by atoms with Crippen LogP contribution in [0.4, 0.5) is 0 Å². The largest absolute Gasteiger partial charge is 0.507 e. The van der Waals surface area contributed by atoms with Gasteiger partial charge in [-0.1, -0.05) is 32.0 Å². The SMILES string of the molecule is CCC(O)c1cccc(C(C)C2CC2)c1O. The molecule has 2 heteroatoms. The molecule has 0 aliphatic heterocycles. The van der Waals surface area contributed by atoms with Crippen LogP contribution in [0.25, 0.3) is 0 Å². The molecule has 2 nitrogen and oxygen atoms in total. The summed E-state index contributed by atoms with van der Waals surface area (Å²) in [4.78, 5) is 0. The number of phenols is 1. The van der Waals surface area contributed by atoms with Crippen molar-refractivity contribution in [2.24, 2.45) is 5.92 Å². The van der Waals surface area contributed by atoms with Crippen LogP contribution in [0.1, 0.15) is 56.3 Å². The van der Waals surface area contributed by atoms with Crippen molar-refractivity contribution in [3.8, 4) is 5.75 Å². The van der Waals surface area contributed by atoms with Crippen molar-refractivity contribution < 1.29 is 10.2 Å². The quantitative estimate of drug-likeness (QED) is 0.817. The van der Waals surface area contributed by atoms with Gasteiger partial charge in [0.05, 0.1) is 6.10 Å². The molecule has 0 amide bonds. The average Bonchev–Trinajstić information content (AvgIpc) is 3.11. The summed E-state index contributed by atoms with van der Waals surface area (Å²) in [7, 11) is 0. The van der Waals surface area contributed by atoms with E-state index < -0.39 is 6.10 Å². The fourth-order valence-electron chi connectivity index (χ4n) is 2.29. The molecule has 0 saturated heterocycles. The zero-order valence-electron chi connectivity index (χ0n) is 9.98. The fourth-order valence-corrected chi connectivity index (χ4v) is 2.29. The average molecular weight is 220 g/mol. The van der Waals surface area contributed by atoms with Crippen LogP contribution in [0.5, 0.6) is 5.75 Å². The Kier molecular flexibility index (Phi) is 3.20. The van der Waals surface area contributed by atoms with Crippen molar-refractivity contribution in [1.82, 2.24) is 0 Å². The molecule has 0 aromatic heterocycles. The van der Waals surface area contributed by atoms with Gasteiger partial charge in [0.25, 0.3) is 0 Å². The number of aliphatic hydroxyl groups excluding tert-OH is 1. The predicted octanol–water partition coefficient (Wildman–Crippen LogP) is 3.35. The number of hydrogen-bond acceptors (Lipinski definition) is 2. The molecule has 1 aromatic carbocycles. The maximum atomic E-state index is 10.2. The highest BCUT2D eigenvalue weighted by Crippen LogP contribution is 2.45. The molecule has 2 rings (SSSR count). The van der Waals surface area contributed by atoms with E-state index >= 15 is 0 Å². The van der Waals surface area contributed by atoms with Crippen LogP contribution < -0.4 is 0 Å². The highest BCUT2D eigenvalue weighted by Gasteiger charge is 2.31. The van der Waals surface area contributed by atoms with Crippen LogP contribution in [0.3, 0.4) is 0 Å². The maximum Gasteiger partial charge on any atom is 0.124 e. The van der Waals surface area contributed by atoms with Crippen LogP contribution in [0.15, 0.2) is 18.2 Å². The van der Waals surface area contributed by atoms with Gasteiger partial charge in [-0.3, -0.25) is 0 Å². The zero-order chi connectivity index (χ0) is 11.7. The van der Waals surface area contributed by atoms with Crippen molar-refractivity contribution in [3.63, 3.8) is 0 Å². The van der Waals surface area contributed by atoms with Crippen LogP contribution in [-0.2, 0) is 0 Å². The van der Waals surface area contributed by atoms with Gasteiger partial charge in [-0.25, -0.2) is 0 Å². The summed E-state index contributed by atoms with van der Waals surface area (Å²) in [6.07, 6.45) is 2.61. The molecular formula is C14H20O2. The number of aliphatic hydroxyl groups is 1. The van der Waals surface area contributed by atoms with Crippen molar-refractivity contribution >= 4 is 0 Å². The summed E-state index contributed by atoms with van der Waals surface area (Å²) in [5.74, 6) is 1.43. The van der Waals surface area contributed by atoms with Gasteiger partial charge in [0.1, 0.15) is 5.75 Å². The number of rotatable bonds is 4. The molecular weight excluding hydrogens is 200 g/mol. The first-order valence-corrected chi connectivity index (χ1v) is 6.15. The Morgan fingerprint density at radius 3 is 2.50 bits per heavy atom. The summed E-state index contributed by atoms with van der Waals surface area (Å²) in [5.41, 5.74) is 1.67. The third-order valence-corrected chi connectivity index (χ3v) is 3.66. The standard InChI is InChI=1S/C14H20O2/c1-3-13(15)12-6-4-5-11(14(12)16)9(2)10-7-8-10/h4-6,9-10,13,15-16H,3,7-8H2,1-2H3. The topological polar surface area (TPSA) is 40.5 Å².